The second-order valence-corrected chi connectivity index (χ2v) is 6.70. The van der Waals surface area contributed by atoms with Crippen LogP contribution in [0.15, 0.2) is 23.1 Å². The molecule has 0 spiro atoms. The summed E-state index contributed by atoms with van der Waals surface area (Å²) in [5.74, 6) is -0.773. The average Bonchev–Trinajstić information content (AvgIpc) is 2.28. The zero-order valence-corrected chi connectivity index (χ0v) is 12.1. The van der Waals surface area contributed by atoms with E-state index in [1.54, 1.807) is 0 Å². The number of hydrogen-bond acceptors (Lipinski definition) is 4. The maximum Gasteiger partial charge on any atom is 0.303 e. The lowest BCUT2D eigenvalue weighted by molar-refractivity contribution is -0.137. The van der Waals surface area contributed by atoms with Crippen molar-refractivity contribution in [3.8, 4) is 5.75 Å². The summed E-state index contributed by atoms with van der Waals surface area (Å²) in [7, 11) is 1.33. The molecule has 0 aliphatic heterocycles. The molecule has 0 bridgehead atoms. The van der Waals surface area contributed by atoms with Crippen molar-refractivity contribution in [1.29, 1.82) is 0 Å². The van der Waals surface area contributed by atoms with Crippen molar-refractivity contribution in [3.05, 3.63) is 23.2 Å². The summed E-state index contributed by atoms with van der Waals surface area (Å²) < 4.78 is 28.0. The lowest BCUT2D eigenvalue weighted by Crippen LogP contribution is -2.03. The first-order valence-corrected chi connectivity index (χ1v) is 8.08. The van der Waals surface area contributed by atoms with Crippen molar-refractivity contribution in [3.63, 3.8) is 0 Å². The number of carbonyl (C=O) groups is 1. The number of carboxylic acids is 1. The van der Waals surface area contributed by atoms with Gasteiger partial charge in [0.1, 0.15) is 10.6 Å². The average molecular weight is 327 g/mol. The van der Waals surface area contributed by atoms with Gasteiger partial charge in [-0.2, -0.15) is 0 Å². The second kappa shape index (κ2) is 6.98. The van der Waals surface area contributed by atoms with Crippen LogP contribution in [-0.2, 0) is 13.8 Å². The van der Waals surface area contributed by atoms with Crippen LogP contribution in [0.2, 0.25) is 5.02 Å². The summed E-state index contributed by atoms with van der Waals surface area (Å²) in [5, 5.41) is 8.69. The molecule has 0 amide bonds. The van der Waals surface area contributed by atoms with Gasteiger partial charge in [0.05, 0.1) is 6.61 Å². The molecular weight excluding hydrogens is 315 g/mol. The fraction of sp³-hybridized carbons (Fsp3) is 0.364. The molecule has 0 atom stereocenters. The Morgan fingerprint density at radius 1 is 1.32 bits per heavy atom. The van der Waals surface area contributed by atoms with Gasteiger partial charge in [-0.15, -0.1) is 0 Å². The summed E-state index contributed by atoms with van der Waals surface area (Å²) in [5.41, 5.74) is 0. The van der Waals surface area contributed by atoms with E-state index in [1.165, 1.54) is 18.2 Å². The summed E-state index contributed by atoms with van der Waals surface area (Å²) in [6.45, 7) is 0.203. The molecule has 0 aliphatic rings. The number of rotatable bonds is 7. The van der Waals surface area contributed by atoms with Crippen molar-refractivity contribution in [2.24, 2.45) is 0 Å². The molecule has 0 radical (unpaired) electrons. The van der Waals surface area contributed by atoms with E-state index in [2.05, 4.69) is 0 Å². The summed E-state index contributed by atoms with van der Waals surface area (Å²) in [4.78, 5) is 10.1. The fourth-order valence-electron chi connectivity index (χ4n) is 1.35. The van der Waals surface area contributed by atoms with Gasteiger partial charge in [-0.05, 0) is 31.0 Å². The van der Waals surface area contributed by atoms with Gasteiger partial charge in [-0.25, -0.2) is 8.42 Å². The molecule has 1 N–H and O–H groups in total. The highest BCUT2D eigenvalue weighted by Crippen LogP contribution is 2.29. The van der Waals surface area contributed by atoms with Crippen LogP contribution in [-0.4, -0.2) is 26.1 Å². The van der Waals surface area contributed by atoms with Crippen LogP contribution in [0.4, 0.5) is 0 Å². The van der Waals surface area contributed by atoms with Crippen LogP contribution in [0.3, 0.4) is 0 Å². The second-order valence-electron chi connectivity index (χ2n) is 3.73. The molecule has 0 fully saturated rings. The Hall–Kier alpha value is -0.980. The van der Waals surface area contributed by atoms with Crippen molar-refractivity contribution < 1.29 is 23.1 Å². The Morgan fingerprint density at radius 3 is 2.58 bits per heavy atom. The van der Waals surface area contributed by atoms with Gasteiger partial charge in [0.2, 0.25) is 0 Å². The number of halogens is 2. The summed E-state index contributed by atoms with van der Waals surface area (Å²) in [6, 6.07) is 4.10. The van der Waals surface area contributed by atoms with Crippen molar-refractivity contribution in [2.75, 3.05) is 6.61 Å². The van der Waals surface area contributed by atoms with E-state index in [9.17, 15) is 13.2 Å². The minimum Gasteiger partial charge on any atom is -0.492 e. The molecule has 0 saturated heterocycles. The molecule has 0 unspecified atom stereocenters. The number of hydrogen-bond donors (Lipinski definition) is 1. The molecule has 1 aromatic rings. The van der Waals surface area contributed by atoms with Gasteiger partial charge in [0, 0.05) is 22.1 Å². The van der Waals surface area contributed by atoms with E-state index in [4.69, 9.17) is 32.1 Å². The number of carboxylic acid groups (broad SMARTS) is 1. The third kappa shape index (κ3) is 5.67. The van der Waals surface area contributed by atoms with E-state index in [0.717, 1.165) is 0 Å². The Balaban J connectivity index is 2.66. The maximum absolute atomic E-state index is 11.3. The summed E-state index contributed by atoms with van der Waals surface area (Å²) >= 11 is 5.70. The molecule has 5 nitrogen and oxygen atoms in total. The fourth-order valence-corrected chi connectivity index (χ4v) is 2.59. The lowest BCUT2D eigenvalue weighted by atomic mass is 10.2. The van der Waals surface area contributed by atoms with Gasteiger partial charge in [-0.1, -0.05) is 11.6 Å². The summed E-state index contributed by atoms with van der Waals surface area (Å²) in [6.07, 6.45) is 0.993. The Bertz CT molecular complexity index is 556. The zero-order valence-electron chi connectivity index (χ0n) is 9.80. The van der Waals surface area contributed by atoms with E-state index < -0.39 is 15.0 Å². The van der Waals surface area contributed by atoms with Gasteiger partial charge in [0.25, 0.3) is 9.05 Å². The highest BCUT2D eigenvalue weighted by molar-refractivity contribution is 8.13. The molecule has 0 saturated carbocycles. The van der Waals surface area contributed by atoms with Gasteiger partial charge < -0.3 is 9.84 Å². The first kappa shape index (κ1) is 16.1. The predicted molar refractivity (Wildman–Crippen MR) is 71.5 cm³/mol. The number of ether oxygens (including phenoxy) is 1. The van der Waals surface area contributed by atoms with Crippen molar-refractivity contribution >= 4 is 37.3 Å². The van der Waals surface area contributed by atoms with Crippen LogP contribution in [0.5, 0.6) is 5.75 Å². The highest BCUT2D eigenvalue weighted by atomic mass is 35.7. The molecule has 0 aliphatic carbocycles. The minimum atomic E-state index is -3.94. The van der Waals surface area contributed by atoms with Crippen LogP contribution < -0.4 is 4.74 Å². The molecule has 106 valence electrons. The van der Waals surface area contributed by atoms with E-state index in [0.29, 0.717) is 12.8 Å². The number of unbranched alkanes of at least 4 members (excludes halogenated alkanes) is 1. The lowest BCUT2D eigenvalue weighted by Gasteiger charge is -2.09. The first-order valence-electron chi connectivity index (χ1n) is 5.39. The van der Waals surface area contributed by atoms with Crippen molar-refractivity contribution in [1.82, 2.24) is 0 Å². The quantitative estimate of drug-likeness (QED) is 0.615. The van der Waals surface area contributed by atoms with Gasteiger partial charge >= 0.3 is 5.97 Å². The van der Waals surface area contributed by atoms with Crippen LogP contribution in [0.25, 0.3) is 0 Å². The zero-order chi connectivity index (χ0) is 14.5. The van der Waals surface area contributed by atoms with Crippen LogP contribution in [0, 0.1) is 0 Å². The molecule has 1 aromatic carbocycles. The monoisotopic (exact) mass is 326 g/mol. The first-order chi connectivity index (χ1) is 8.80. The Kier molecular flexibility index (Phi) is 5.90. The highest BCUT2D eigenvalue weighted by Gasteiger charge is 2.17. The Labute approximate surface area is 120 Å². The topological polar surface area (TPSA) is 80.7 Å². The third-order valence-corrected chi connectivity index (χ3v) is 3.79. The standard InChI is InChI=1S/C11H12Cl2O5S/c12-8-4-5-9(10(7-8)19(13,16)17)18-6-2-1-3-11(14)15/h4-5,7H,1-3,6H2,(H,14,15). The molecule has 0 aromatic heterocycles. The van der Waals surface area contributed by atoms with Gasteiger partial charge in [-0.3, -0.25) is 4.79 Å². The number of aliphatic carboxylic acids is 1. The van der Waals surface area contributed by atoms with E-state index >= 15 is 0 Å². The number of benzene rings is 1. The largest absolute Gasteiger partial charge is 0.492 e. The molecule has 1 rings (SSSR count). The molecule has 0 heterocycles. The Morgan fingerprint density at radius 2 is 2.00 bits per heavy atom. The SMILES string of the molecule is O=C(O)CCCCOc1ccc(Cl)cc1S(=O)(=O)Cl. The molecular formula is C11H12Cl2O5S. The van der Waals surface area contributed by atoms with E-state index in [-0.39, 0.29) is 28.7 Å². The normalized spacial score (nSPS) is 11.3. The third-order valence-electron chi connectivity index (χ3n) is 2.21. The maximum atomic E-state index is 11.3. The van der Waals surface area contributed by atoms with E-state index in [1.807, 2.05) is 0 Å². The predicted octanol–water partition coefficient (Wildman–Crippen LogP) is 2.90. The molecule has 8 heteroatoms. The molecule has 19 heavy (non-hydrogen) atoms. The van der Waals surface area contributed by atoms with Crippen LogP contribution in [0.1, 0.15) is 19.3 Å². The smallest absolute Gasteiger partial charge is 0.303 e. The van der Waals surface area contributed by atoms with Gasteiger partial charge in [0.15, 0.2) is 0 Å². The minimum absolute atomic E-state index is 0.0463. The van der Waals surface area contributed by atoms with Crippen LogP contribution >= 0.6 is 22.3 Å². The van der Waals surface area contributed by atoms with Crippen molar-refractivity contribution in [2.45, 2.75) is 24.2 Å².